The van der Waals surface area contributed by atoms with Crippen molar-refractivity contribution in [2.75, 3.05) is 0 Å². The largest absolute Gasteiger partial charge is 2.00 e. The Kier molecular flexibility index (Phi) is 8.74. The molecule has 0 aromatic carbocycles. The van der Waals surface area contributed by atoms with Gasteiger partial charge in [-0.25, -0.2) is 0 Å². The van der Waals surface area contributed by atoms with Crippen LogP contribution in [0.5, 0.6) is 0 Å². The van der Waals surface area contributed by atoms with Crippen LogP contribution in [0.1, 0.15) is 5.69 Å². The van der Waals surface area contributed by atoms with E-state index < -0.39 is 0 Å². The van der Waals surface area contributed by atoms with E-state index in [1.807, 2.05) is 12.3 Å². The van der Waals surface area contributed by atoms with Gasteiger partial charge in [-0.05, 0) is 5.51 Å². The Bertz CT molecular complexity index is 120. The number of rotatable bonds is 0. The van der Waals surface area contributed by atoms with Gasteiger partial charge in [0.2, 0.25) is 0 Å². The summed E-state index contributed by atoms with van der Waals surface area (Å²) >= 11 is 1.50. The van der Waals surface area contributed by atoms with Crippen molar-refractivity contribution < 1.29 is 17.0 Å². The second kappa shape index (κ2) is 6.00. The van der Waals surface area contributed by atoms with E-state index in [4.69, 9.17) is 0 Å². The van der Waals surface area contributed by atoms with Crippen molar-refractivity contribution >= 4 is 34.4 Å². The molecule has 0 aliphatic rings. The number of aromatic nitrogens is 1. The second-order valence-electron chi connectivity index (χ2n) is 1.08. The number of nitrogens with zero attached hydrogens (tertiary/aromatic N) is 1. The summed E-state index contributed by atoms with van der Waals surface area (Å²) < 4.78 is 0. The molecule has 4 heteroatoms. The van der Waals surface area contributed by atoms with E-state index >= 15 is 0 Å². The van der Waals surface area contributed by atoms with Crippen LogP contribution >= 0.6 is 11.3 Å². The molecule has 0 saturated carbocycles. The standard InChI is InChI=1S/C4H4NS.BrH.Mg/c1-4-2-6-3-5-4;;/h2H,1H3;1H;/q-1;;+2/p-1. The van der Waals surface area contributed by atoms with E-state index in [0.717, 1.165) is 5.69 Å². The zero-order chi connectivity index (χ0) is 4.41. The summed E-state index contributed by atoms with van der Waals surface area (Å²) in [6, 6.07) is 0. The van der Waals surface area contributed by atoms with Crippen molar-refractivity contribution in [3.63, 3.8) is 0 Å². The molecule has 1 aromatic rings. The minimum atomic E-state index is 0. The number of aryl methyl sites for hydroxylation is 1. The molecule has 0 N–H and O–H groups in total. The van der Waals surface area contributed by atoms with Crippen molar-refractivity contribution in [1.29, 1.82) is 0 Å². The van der Waals surface area contributed by atoms with Gasteiger partial charge in [0.25, 0.3) is 0 Å². The summed E-state index contributed by atoms with van der Waals surface area (Å²) in [6.45, 7) is 1.95. The van der Waals surface area contributed by atoms with Crippen LogP contribution in [0.3, 0.4) is 0 Å². The van der Waals surface area contributed by atoms with Gasteiger partial charge in [-0.3, -0.25) is 11.3 Å². The van der Waals surface area contributed by atoms with Gasteiger partial charge in [0, 0.05) is 0 Å². The van der Waals surface area contributed by atoms with Crippen LogP contribution in [0.4, 0.5) is 0 Å². The van der Waals surface area contributed by atoms with E-state index in [1.54, 1.807) is 0 Å². The molecule has 0 saturated heterocycles. The first-order valence-electron chi connectivity index (χ1n) is 1.68. The Morgan fingerprint density at radius 1 is 1.75 bits per heavy atom. The predicted octanol–water partition coefficient (Wildman–Crippen LogP) is -2.13. The van der Waals surface area contributed by atoms with Gasteiger partial charge < -0.3 is 22.0 Å². The topological polar surface area (TPSA) is 12.9 Å². The van der Waals surface area contributed by atoms with Crippen molar-refractivity contribution in [3.05, 3.63) is 16.6 Å². The Labute approximate surface area is 79.4 Å². The maximum atomic E-state index is 3.81. The van der Waals surface area contributed by atoms with Crippen LogP contribution in [0, 0.1) is 12.4 Å². The van der Waals surface area contributed by atoms with Crippen molar-refractivity contribution in [2.24, 2.45) is 0 Å². The van der Waals surface area contributed by atoms with E-state index in [2.05, 4.69) is 10.5 Å². The molecule has 0 radical (unpaired) electrons. The molecule has 0 atom stereocenters. The summed E-state index contributed by atoms with van der Waals surface area (Å²) in [5.74, 6) is 0. The molecule has 0 spiro atoms. The summed E-state index contributed by atoms with van der Waals surface area (Å²) in [4.78, 5) is 3.81. The molecule has 0 bridgehead atoms. The fourth-order valence-corrected chi connectivity index (χ4v) is 0.709. The van der Waals surface area contributed by atoms with Crippen molar-refractivity contribution in [2.45, 2.75) is 6.92 Å². The molecule has 8 heavy (non-hydrogen) atoms. The minimum Gasteiger partial charge on any atom is -1.00 e. The molecule has 40 valence electrons. The summed E-state index contributed by atoms with van der Waals surface area (Å²) in [5.41, 5.74) is 3.78. The first kappa shape index (κ1) is 11.6. The predicted molar refractivity (Wildman–Crippen MR) is 31.4 cm³/mol. The monoisotopic (exact) mass is 201 g/mol. The fourth-order valence-electron chi connectivity index (χ4n) is 0.236. The van der Waals surface area contributed by atoms with Crippen molar-refractivity contribution in [3.8, 4) is 0 Å². The van der Waals surface area contributed by atoms with Crippen LogP contribution in [0.15, 0.2) is 5.38 Å². The smallest absolute Gasteiger partial charge is 1.00 e. The normalized spacial score (nSPS) is 6.62. The molecule has 0 amide bonds. The fraction of sp³-hybridized carbons (Fsp3) is 0.250. The van der Waals surface area contributed by atoms with Gasteiger partial charge in [-0.2, -0.15) is 0 Å². The maximum absolute atomic E-state index is 3.81. The number of hydrogen-bond donors (Lipinski definition) is 0. The first-order chi connectivity index (χ1) is 2.89. The molecule has 1 heterocycles. The molecule has 0 unspecified atom stereocenters. The van der Waals surface area contributed by atoms with Gasteiger partial charge >= 0.3 is 23.1 Å². The molecule has 1 aromatic heterocycles. The number of halogens is 1. The molecule has 0 aliphatic heterocycles. The summed E-state index contributed by atoms with van der Waals surface area (Å²) in [6.07, 6.45) is 0. The molecular formula is C4H4BrMgNS. The molecular weight excluding hydrogens is 198 g/mol. The van der Waals surface area contributed by atoms with Gasteiger partial charge in [-0.15, -0.1) is 11.1 Å². The first-order valence-corrected chi connectivity index (χ1v) is 2.56. The van der Waals surface area contributed by atoms with Crippen LogP contribution in [0.25, 0.3) is 0 Å². The quantitative estimate of drug-likeness (QED) is 0.346. The SMILES string of the molecule is Cc1cs[c-]n1.[Br-].[Mg+2]. The Balaban J connectivity index is 0. The van der Waals surface area contributed by atoms with Crippen LogP contribution in [-0.2, 0) is 0 Å². The van der Waals surface area contributed by atoms with E-state index in [-0.39, 0.29) is 40.0 Å². The Morgan fingerprint density at radius 2 is 2.38 bits per heavy atom. The van der Waals surface area contributed by atoms with Crippen LogP contribution in [-0.4, -0.2) is 28.0 Å². The third-order valence-electron chi connectivity index (χ3n) is 0.504. The van der Waals surface area contributed by atoms with Crippen LogP contribution in [0.2, 0.25) is 0 Å². The average molecular weight is 202 g/mol. The second-order valence-corrected chi connectivity index (χ2v) is 1.73. The molecule has 0 aliphatic carbocycles. The van der Waals surface area contributed by atoms with Gasteiger partial charge in [-0.1, -0.05) is 6.92 Å². The zero-order valence-electron chi connectivity index (χ0n) is 4.52. The molecule has 1 nitrogen and oxygen atoms in total. The number of hydrogen-bond acceptors (Lipinski definition) is 2. The average Bonchev–Trinajstić information content (AvgIpc) is 1.86. The third-order valence-corrected chi connectivity index (χ3v) is 1.16. The maximum Gasteiger partial charge on any atom is 2.00 e. The summed E-state index contributed by atoms with van der Waals surface area (Å²) in [7, 11) is 0. The van der Waals surface area contributed by atoms with E-state index in [1.165, 1.54) is 11.3 Å². The molecule has 0 fully saturated rings. The van der Waals surface area contributed by atoms with Crippen molar-refractivity contribution in [1.82, 2.24) is 4.98 Å². The van der Waals surface area contributed by atoms with Gasteiger partial charge in [0.1, 0.15) is 0 Å². The Morgan fingerprint density at radius 3 is 2.50 bits per heavy atom. The summed E-state index contributed by atoms with van der Waals surface area (Å²) in [5, 5.41) is 1.96. The molecule has 1 rings (SSSR count). The van der Waals surface area contributed by atoms with E-state index in [9.17, 15) is 0 Å². The van der Waals surface area contributed by atoms with E-state index in [0.29, 0.717) is 0 Å². The zero-order valence-corrected chi connectivity index (χ0v) is 8.33. The third kappa shape index (κ3) is 3.83. The van der Waals surface area contributed by atoms with Crippen LogP contribution < -0.4 is 17.0 Å². The van der Waals surface area contributed by atoms with Gasteiger partial charge in [0.05, 0.1) is 0 Å². The number of thiazole rings is 1. The minimum absolute atomic E-state index is 0. The van der Waals surface area contributed by atoms with Gasteiger partial charge in [0.15, 0.2) is 0 Å². The Hall–Kier alpha value is 0.876.